The first-order valence-electron chi connectivity index (χ1n) is 6.86. The monoisotopic (exact) mass is 324 g/mol. The predicted molar refractivity (Wildman–Crippen MR) is 96.4 cm³/mol. The molecular formula is C18H16N2S2. The van der Waals surface area contributed by atoms with Gasteiger partial charge >= 0.3 is 0 Å². The summed E-state index contributed by atoms with van der Waals surface area (Å²) in [5.74, 6) is 0. The Bertz CT molecular complexity index is 787. The van der Waals surface area contributed by atoms with Gasteiger partial charge in [0.2, 0.25) is 0 Å². The number of para-hydroxylation sites is 1. The van der Waals surface area contributed by atoms with Crippen LogP contribution in [0.25, 0.3) is 0 Å². The van der Waals surface area contributed by atoms with E-state index in [0.717, 1.165) is 21.2 Å². The van der Waals surface area contributed by atoms with E-state index in [1.807, 2.05) is 42.5 Å². The number of rotatable bonds is 4. The van der Waals surface area contributed by atoms with Gasteiger partial charge in [0, 0.05) is 31.0 Å². The third-order valence-corrected chi connectivity index (χ3v) is 5.11. The molecule has 22 heavy (non-hydrogen) atoms. The minimum Gasteiger partial charge on any atom is -0.399 e. The standard InChI is InChI=1S/C18H16N2S2/c19-13-5-3-6-14(11-13)21-15-7-4-8-16(12-15)22-18-10-2-1-9-17(18)20/h1-12H,19-20H2. The van der Waals surface area contributed by atoms with Crippen molar-refractivity contribution in [2.24, 2.45) is 0 Å². The predicted octanol–water partition coefficient (Wildman–Crippen LogP) is 5.15. The second-order valence-corrected chi connectivity index (χ2v) is 7.05. The van der Waals surface area contributed by atoms with Crippen molar-refractivity contribution in [1.29, 1.82) is 0 Å². The zero-order chi connectivity index (χ0) is 15.4. The van der Waals surface area contributed by atoms with Crippen LogP contribution >= 0.6 is 23.5 Å². The average Bonchev–Trinajstić information content (AvgIpc) is 2.50. The van der Waals surface area contributed by atoms with Crippen molar-refractivity contribution in [1.82, 2.24) is 0 Å². The third-order valence-electron chi connectivity index (χ3n) is 3.05. The Morgan fingerprint density at radius 2 is 1.23 bits per heavy atom. The Balaban J connectivity index is 1.79. The number of nitrogen functional groups attached to an aromatic ring is 2. The fraction of sp³-hybridized carbons (Fsp3) is 0. The molecule has 0 aliphatic carbocycles. The summed E-state index contributed by atoms with van der Waals surface area (Å²) in [6.45, 7) is 0. The Morgan fingerprint density at radius 3 is 1.95 bits per heavy atom. The maximum Gasteiger partial charge on any atom is 0.0455 e. The van der Waals surface area contributed by atoms with Crippen LogP contribution in [0, 0.1) is 0 Å². The summed E-state index contributed by atoms with van der Waals surface area (Å²) in [6.07, 6.45) is 0. The number of hydrogen-bond donors (Lipinski definition) is 2. The van der Waals surface area contributed by atoms with Gasteiger partial charge in [0.1, 0.15) is 0 Å². The topological polar surface area (TPSA) is 52.0 Å². The Kier molecular flexibility index (Phi) is 4.61. The second-order valence-electron chi connectivity index (χ2n) is 4.79. The van der Waals surface area contributed by atoms with E-state index >= 15 is 0 Å². The Labute approximate surface area is 138 Å². The van der Waals surface area contributed by atoms with Gasteiger partial charge in [-0.25, -0.2) is 0 Å². The van der Waals surface area contributed by atoms with Crippen LogP contribution in [0.1, 0.15) is 0 Å². The first-order valence-corrected chi connectivity index (χ1v) is 8.50. The number of anilines is 2. The van der Waals surface area contributed by atoms with Crippen LogP contribution in [-0.2, 0) is 0 Å². The summed E-state index contributed by atoms with van der Waals surface area (Å²) in [7, 11) is 0. The lowest BCUT2D eigenvalue weighted by Crippen LogP contribution is -1.87. The van der Waals surface area contributed by atoms with E-state index in [-0.39, 0.29) is 0 Å². The van der Waals surface area contributed by atoms with Gasteiger partial charge in [-0.05, 0) is 48.5 Å². The van der Waals surface area contributed by atoms with E-state index < -0.39 is 0 Å². The number of hydrogen-bond acceptors (Lipinski definition) is 4. The smallest absolute Gasteiger partial charge is 0.0455 e. The van der Waals surface area contributed by atoms with E-state index in [9.17, 15) is 0 Å². The first-order chi connectivity index (χ1) is 10.7. The van der Waals surface area contributed by atoms with Crippen molar-refractivity contribution in [2.45, 2.75) is 19.6 Å². The molecule has 0 radical (unpaired) electrons. The maximum atomic E-state index is 6.01. The molecule has 3 aromatic carbocycles. The molecule has 0 aliphatic rings. The van der Waals surface area contributed by atoms with Gasteiger partial charge in [0.25, 0.3) is 0 Å². The minimum absolute atomic E-state index is 0.785. The van der Waals surface area contributed by atoms with Gasteiger partial charge in [-0.3, -0.25) is 0 Å². The molecule has 0 saturated heterocycles. The SMILES string of the molecule is Nc1cccc(Sc2cccc(Sc3ccccc3N)c2)c1. The summed E-state index contributed by atoms with van der Waals surface area (Å²) >= 11 is 3.39. The summed E-state index contributed by atoms with van der Waals surface area (Å²) in [6, 6.07) is 24.3. The zero-order valence-corrected chi connectivity index (χ0v) is 13.5. The van der Waals surface area contributed by atoms with E-state index in [1.165, 1.54) is 9.79 Å². The fourth-order valence-electron chi connectivity index (χ4n) is 2.02. The lowest BCUT2D eigenvalue weighted by Gasteiger charge is -2.07. The molecular weight excluding hydrogens is 308 g/mol. The molecule has 0 fully saturated rings. The van der Waals surface area contributed by atoms with Gasteiger partial charge in [-0.1, -0.05) is 47.8 Å². The van der Waals surface area contributed by atoms with Crippen molar-refractivity contribution in [3.05, 3.63) is 72.8 Å². The second kappa shape index (κ2) is 6.81. The summed E-state index contributed by atoms with van der Waals surface area (Å²) < 4.78 is 0. The van der Waals surface area contributed by atoms with Crippen LogP contribution in [0.5, 0.6) is 0 Å². The molecule has 0 bridgehead atoms. The quantitative estimate of drug-likeness (QED) is 0.651. The number of nitrogens with two attached hydrogens (primary N) is 2. The minimum atomic E-state index is 0.785. The van der Waals surface area contributed by atoms with Crippen molar-refractivity contribution < 1.29 is 0 Å². The molecule has 4 N–H and O–H groups in total. The largest absolute Gasteiger partial charge is 0.399 e. The molecule has 0 saturated carbocycles. The lowest BCUT2D eigenvalue weighted by atomic mass is 10.3. The van der Waals surface area contributed by atoms with Gasteiger partial charge in [-0.15, -0.1) is 0 Å². The highest BCUT2D eigenvalue weighted by atomic mass is 32.2. The summed E-state index contributed by atoms with van der Waals surface area (Å²) in [5, 5.41) is 0. The molecule has 4 heteroatoms. The Hall–Kier alpha value is -2.04. The van der Waals surface area contributed by atoms with Gasteiger partial charge in [0.15, 0.2) is 0 Å². The molecule has 3 aromatic rings. The molecule has 0 spiro atoms. The van der Waals surface area contributed by atoms with Crippen LogP contribution < -0.4 is 11.5 Å². The highest BCUT2D eigenvalue weighted by Crippen LogP contribution is 2.35. The van der Waals surface area contributed by atoms with Crippen LogP contribution in [0.15, 0.2) is 92.4 Å². The normalized spacial score (nSPS) is 10.5. The van der Waals surface area contributed by atoms with E-state index in [0.29, 0.717) is 0 Å². The lowest BCUT2D eigenvalue weighted by molar-refractivity contribution is 1.31. The van der Waals surface area contributed by atoms with Crippen molar-refractivity contribution >= 4 is 34.9 Å². The van der Waals surface area contributed by atoms with Crippen LogP contribution in [-0.4, -0.2) is 0 Å². The van der Waals surface area contributed by atoms with Crippen molar-refractivity contribution in [2.75, 3.05) is 11.5 Å². The van der Waals surface area contributed by atoms with E-state index in [2.05, 4.69) is 30.3 Å². The molecule has 0 amide bonds. The highest BCUT2D eigenvalue weighted by Gasteiger charge is 2.03. The molecule has 0 atom stereocenters. The number of benzene rings is 3. The highest BCUT2D eigenvalue weighted by molar-refractivity contribution is 8.00. The van der Waals surface area contributed by atoms with Crippen molar-refractivity contribution in [3.63, 3.8) is 0 Å². The molecule has 3 rings (SSSR count). The van der Waals surface area contributed by atoms with Crippen LogP contribution in [0.4, 0.5) is 11.4 Å². The first kappa shape index (κ1) is 14.9. The van der Waals surface area contributed by atoms with Gasteiger partial charge < -0.3 is 11.5 Å². The molecule has 110 valence electrons. The average molecular weight is 324 g/mol. The van der Waals surface area contributed by atoms with Crippen LogP contribution in [0.3, 0.4) is 0 Å². The Morgan fingerprint density at radius 1 is 0.591 bits per heavy atom. The van der Waals surface area contributed by atoms with Gasteiger partial charge in [0.05, 0.1) is 0 Å². The van der Waals surface area contributed by atoms with E-state index in [4.69, 9.17) is 11.5 Å². The molecule has 2 nitrogen and oxygen atoms in total. The third kappa shape index (κ3) is 3.78. The van der Waals surface area contributed by atoms with E-state index in [1.54, 1.807) is 23.5 Å². The van der Waals surface area contributed by atoms with Crippen molar-refractivity contribution in [3.8, 4) is 0 Å². The molecule has 0 aromatic heterocycles. The maximum absolute atomic E-state index is 6.01. The zero-order valence-electron chi connectivity index (χ0n) is 11.9. The fourth-order valence-corrected chi connectivity index (χ4v) is 3.96. The summed E-state index contributed by atoms with van der Waals surface area (Å²) in [5.41, 5.74) is 13.4. The van der Waals surface area contributed by atoms with Gasteiger partial charge in [-0.2, -0.15) is 0 Å². The van der Waals surface area contributed by atoms with Crippen LogP contribution in [0.2, 0.25) is 0 Å². The molecule has 0 heterocycles. The molecule has 0 unspecified atom stereocenters. The molecule has 0 aliphatic heterocycles. The summed E-state index contributed by atoms with van der Waals surface area (Å²) in [4.78, 5) is 4.58.